The number of nitrogens with zero attached hydrogens (tertiary/aromatic N) is 1. The molecule has 1 aromatic heterocycles. The van der Waals surface area contributed by atoms with E-state index in [0.29, 0.717) is 10.9 Å². The van der Waals surface area contributed by atoms with Crippen molar-refractivity contribution in [3.05, 3.63) is 46.5 Å². The van der Waals surface area contributed by atoms with Gasteiger partial charge in [0.1, 0.15) is 11.6 Å². The van der Waals surface area contributed by atoms with Crippen molar-refractivity contribution in [2.45, 2.75) is 0 Å². The minimum Gasteiger partial charge on any atom is -0.320 e. The van der Waals surface area contributed by atoms with Gasteiger partial charge in [0, 0.05) is 6.07 Å². The van der Waals surface area contributed by atoms with E-state index in [0.717, 1.165) is 23.5 Å². The Bertz CT molecular complexity index is 703. The zero-order valence-electron chi connectivity index (χ0n) is 10.1. The van der Waals surface area contributed by atoms with E-state index in [2.05, 4.69) is 22.1 Å². The highest BCUT2D eigenvalue weighted by Crippen LogP contribution is 2.18. The summed E-state index contributed by atoms with van der Waals surface area (Å²) in [4.78, 5) is 16.4. The molecule has 0 bridgehead atoms. The van der Waals surface area contributed by atoms with Gasteiger partial charge in [-0.05, 0) is 12.1 Å². The zero-order valence-corrected chi connectivity index (χ0v) is 10.9. The Morgan fingerprint density at radius 2 is 2.25 bits per heavy atom. The number of hydrogen-bond acceptors (Lipinski definition) is 4. The number of carbonyl (C=O) groups is 1. The van der Waals surface area contributed by atoms with Crippen LogP contribution in [0.2, 0.25) is 0 Å². The van der Waals surface area contributed by atoms with E-state index >= 15 is 0 Å². The third-order valence-electron chi connectivity index (χ3n) is 2.22. The number of halogens is 2. The molecule has 0 saturated carbocycles. The molecule has 3 N–H and O–H groups in total. The van der Waals surface area contributed by atoms with E-state index in [4.69, 9.17) is 5.73 Å². The molecule has 7 heteroatoms. The largest absolute Gasteiger partial charge is 0.320 e. The molecule has 0 aliphatic heterocycles. The second-order valence-corrected chi connectivity index (χ2v) is 4.64. The Morgan fingerprint density at radius 3 is 2.95 bits per heavy atom. The summed E-state index contributed by atoms with van der Waals surface area (Å²) in [5, 5.41) is 2.70. The number of benzene rings is 1. The van der Waals surface area contributed by atoms with Crippen molar-refractivity contribution in [3.63, 3.8) is 0 Å². The molecule has 0 aliphatic rings. The highest BCUT2D eigenvalue weighted by atomic mass is 32.1. The van der Waals surface area contributed by atoms with Crippen LogP contribution in [0.3, 0.4) is 0 Å². The molecule has 1 amide bonds. The number of hydrogen-bond donors (Lipinski definition) is 2. The Labute approximate surface area is 117 Å². The smallest absolute Gasteiger partial charge is 0.260 e. The van der Waals surface area contributed by atoms with Crippen LogP contribution in [-0.4, -0.2) is 17.4 Å². The molecule has 2 rings (SSSR count). The van der Waals surface area contributed by atoms with E-state index < -0.39 is 17.5 Å². The van der Waals surface area contributed by atoms with Crippen LogP contribution in [0.5, 0.6) is 0 Å². The van der Waals surface area contributed by atoms with Crippen molar-refractivity contribution in [1.29, 1.82) is 0 Å². The Morgan fingerprint density at radius 1 is 1.45 bits per heavy atom. The van der Waals surface area contributed by atoms with Crippen molar-refractivity contribution >= 4 is 22.4 Å². The molecule has 0 radical (unpaired) electrons. The molecule has 0 atom stereocenters. The summed E-state index contributed by atoms with van der Waals surface area (Å²) in [6.07, 6.45) is 1.48. The number of amides is 1. The van der Waals surface area contributed by atoms with Gasteiger partial charge >= 0.3 is 0 Å². The lowest BCUT2D eigenvalue weighted by Gasteiger charge is -2.02. The van der Waals surface area contributed by atoms with E-state index in [1.807, 2.05) is 0 Å². The third kappa shape index (κ3) is 3.38. The molecule has 0 saturated heterocycles. The first-order valence-corrected chi connectivity index (χ1v) is 6.33. The first-order valence-electron chi connectivity index (χ1n) is 5.51. The second kappa shape index (κ2) is 6.23. The van der Waals surface area contributed by atoms with Crippen LogP contribution < -0.4 is 11.1 Å². The summed E-state index contributed by atoms with van der Waals surface area (Å²) < 4.78 is 26.2. The van der Waals surface area contributed by atoms with Crippen LogP contribution in [-0.2, 0) is 0 Å². The summed E-state index contributed by atoms with van der Waals surface area (Å²) in [6.45, 7) is 0.223. The number of aromatic nitrogens is 1. The van der Waals surface area contributed by atoms with Crippen LogP contribution in [0, 0.1) is 23.5 Å². The monoisotopic (exact) mass is 293 g/mol. The number of carbonyl (C=O) groups excluding carboxylic acids is 1. The highest BCUT2D eigenvalue weighted by Gasteiger charge is 2.14. The summed E-state index contributed by atoms with van der Waals surface area (Å²) in [6, 6.07) is 2.73. The number of anilines is 1. The second-order valence-electron chi connectivity index (χ2n) is 3.61. The number of nitrogens with one attached hydrogen (secondary N) is 1. The molecule has 0 fully saturated rings. The van der Waals surface area contributed by atoms with Gasteiger partial charge in [-0.25, -0.2) is 13.8 Å². The molecule has 4 nitrogen and oxygen atoms in total. The maximum Gasteiger partial charge on any atom is 0.260 e. The molecule has 1 heterocycles. The van der Waals surface area contributed by atoms with E-state index in [-0.39, 0.29) is 17.2 Å². The molecule has 0 aliphatic carbocycles. The van der Waals surface area contributed by atoms with Gasteiger partial charge in [0.25, 0.3) is 5.91 Å². The average molecular weight is 293 g/mol. The van der Waals surface area contributed by atoms with Crippen LogP contribution >= 0.6 is 11.3 Å². The van der Waals surface area contributed by atoms with Crippen molar-refractivity contribution in [2.75, 3.05) is 11.9 Å². The van der Waals surface area contributed by atoms with Gasteiger partial charge in [-0.15, -0.1) is 0 Å². The van der Waals surface area contributed by atoms with Gasteiger partial charge in [-0.3, -0.25) is 10.1 Å². The molecule has 102 valence electrons. The quantitative estimate of drug-likeness (QED) is 0.832. The Balaban J connectivity index is 2.13. The van der Waals surface area contributed by atoms with Gasteiger partial charge in [0.2, 0.25) is 0 Å². The lowest BCUT2D eigenvalue weighted by atomic mass is 10.2. The summed E-state index contributed by atoms with van der Waals surface area (Å²) in [5.74, 6) is 3.04. The van der Waals surface area contributed by atoms with Gasteiger partial charge in [-0.1, -0.05) is 23.2 Å². The van der Waals surface area contributed by atoms with E-state index in [1.54, 1.807) is 0 Å². The van der Waals surface area contributed by atoms with Crippen LogP contribution in [0.1, 0.15) is 15.2 Å². The van der Waals surface area contributed by atoms with Crippen LogP contribution in [0.15, 0.2) is 24.4 Å². The molecule has 20 heavy (non-hydrogen) atoms. The lowest BCUT2D eigenvalue weighted by molar-refractivity contribution is 0.102. The maximum absolute atomic E-state index is 13.4. The Kier molecular flexibility index (Phi) is 4.40. The average Bonchev–Trinajstić information content (AvgIpc) is 2.83. The van der Waals surface area contributed by atoms with Gasteiger partial charge in [0.05, 0.1) is 23.2 Å². The zero-order chi connectivity index (χ0) is 14.5. The SMILES string of the molecule is NCC#Cc1cnc(NC(=O)c2ccc(F)cc2F)s1. The Hall–Kier alpha value is -2.30. The number of nitrogens with two attached hydrogens (primary N) is 1. The minimum atomic E-state index is -0.929. The third-order valence-corrected chi connectivity index (χ3v) is 3.04. The molecule has 0 unspecified atom stereocenters. The standard InChI is InChI=1S/C13H9F2N3OS/c14-8-3-4-10(11(15)6-8)12(19)18-13-17-7-9(20-13)2-1-5-16/h3-4,6-7H,5,16H2,(H,17,18,19). The fourth-order valence-corrected chi connectivity index (χ4v) is 2.05. The minimum absolute atomic E-state index is 0.223. The van der Waals surface area contributed by atoms with Crippen molar-refractivity contribution < 1.29 is 13.6 Å². The molecule has 1 aromatic carbocycles. The van der Waals surface area contributed by atoms with Crippen LogP contribution in [0.25, 0.3) is 0 Å². The van der Waals surface area contributed by atoms with Gasteiger partial charge < -0.3 is 5.73 Å². The summed E-state index contributed by atoms with van der Waals surface area (Å²) in [7, 11) is 0. The predicted molar refractivity (Wildman–Crippen MR) is 72.4 cm³/mol. The van der Waals surface area contributed by atoms with Crippen molar-refractivity contribution in [3.8, 4) is 11.8 Å². The van der Waals surface area contributed by atoms with E-state index in [1.165, 1.54) is 6.20 Å². The normalized spacial score (nSPS) is 9.75. The van der Waals surface area contributed by atoms with Gasteiger partial charge in [-0.2, -0.15) is 0 Å². The fourth-order valence-electron chi connectivity index (χ4n) is 1.37. The van der Waals surface area contributed by atoms with Crippen LogP contribution in [0.4, 0.5) is 13.9 Å². The van der Waals surface area contributed by atoms with Gasteiger partial charge in [0.15, 0.2) is 5.13 Å². The van der Waals surface area contributed by atoms with Crippen molar-refractivity contribution in [2.24, 2.45) is 5.73 Å². The fraction of sp³-hybridized carbons (Fsp3) is 0.0769. The maximum atomic E-state index is 13.4. The number of rotatable bonds is 2. The summed E-state index contributed by atoms with van der Waals surface area (Å²) >= 11 is 1.14. The molecule has 0 spiro atoms. The first-order chi connectivity index (χ1) is 9.60. The first kappa shape index (κ1) is 14.1. The lowest BCUT2D eigenvalue weighted by Crippen LogP contribution is -2.13. The molecule has 2 aromatic rings. The molecular weight excluding hydrogens is 284 g/mol. The van der Waals surface area contributed by atoms with E-state index in [9.17, 15) is 13.6 Å². The molecular formula is C13H9F2N3OS. The summed E-state index contributed by atoms with van der Waals surface area (Å²) in [5.41, 5.74) is 4.98. The predicted octanol–water partition coefficient (Wildman–Crippen LogP) is 1.98. The topological polar surface area (TPSA) is 68.0 Å². The van der Waals surface area contributed by atoms with Crippen molar-refractivity contribution in [1.82, 2.24) is 4.98 Å². The number of thiazole rings is 1. The highest BCUT2D eigenvalue weighted by molar-refractivity contribution is 7.16.